The van der Waals surface area contributed by atoms with Gasteiger partial charge in [0.1, 0.15) is 11.6 Å². The molecule has 1 saturated carbocycles. The molecule has 0 spiro atoms. The molecule has 1 aliphatic heterocycles. The second-order valence-corrected chi connectivity index (χ2v) is 5.57. The van der Waals surface area contributed by atoms with Crippen LogP contribution in [0.1, 0.15) is 32.1 Å². The van der Waals surface area contributed by atoms with Crippen LogP contribution >= 0.6 is 0 Å². The molecule has 2 unspecified atom stereocenters. The highest BCUT2D eigenvalue weighted by atomic mass is 16.1. The molecule has 0 amide bonds. The average Bonchev–Trinajstić information content (AvgIpc) is 2.89. The van der Waals surface area contributed by atoms with E-state index in [4.69, 9.17) is 0 Å². The zero-order chi connectivity index (χ0) is 13.2. The van der Waals surface area contributed by atoms with Crippen molar-refractivity contribution in [2.75, 3.05) is 11.4 Å². The number of para-hydroxylation sites is 1. The van der Waals surface area contributed by atoms with Crippen LogP contribution in [-0.4, -0.2) is 24.2 Å². The topological polar surface area (TPSA) is 37.4 Å². The zero-order valence-electron chi connectivity index (χ0n) is 11.0. The second kappa shape index (κ2) is 5.16. The fourth-order valence-corrected chi connectivity index (χ4v) is 3.45. The van der Waals surface area contributed by atoms with Gasteiger partial charge < -0.3 is 4.90 Å². The quantitative estimate of drug-likeness (QED) is 0.764. The van der Waals surface area contributed by atoms with E-state index in [0.717, 1.165) is 25.8 Å². The van der Waals surface area contributed by atoms with Crippen LogP contribution < -0.4 is 4.90 Å². The number of hydrogen-bond acceptors (Lipinski definition) is 3. The fourth-order valence-electron chi connectivity index (χ4n) is 3.45. The van der Waals surface area contributed by atoms with E-state index in [-0.39, 0.29) is 23.9 Å². The number of benzene rings is 1. The fraction of sp³-hybridized carbons (Fsp3) is 0.500. The number of carbonyl (C=O) groups excluding carboxylic acids is 2. The molecule has 1 saturated heterocycles. The molecule has 1 aromatic carbocycles. The van der Waals surface area contributed by atoms with Crippen molar-refractivity contribution in [1.29, 1.82) is 0 Å². The smallest absolute Gasteiger partial charge is 0.145 e. The Bertz CT molecular complexity index is 483. The molecule has 1 heterocycles. The monoisotopic (exact) mass is 257 g/mol. The largest absolute Gasteiger partial charge is 0.368 e. The van der Waals surface area contributed by atoms with Crippen LogP contribution in [0.15, 0.2) is 30.3 Å². The Labute approximate surface area is 113 Å². The highest BCUT2D eigenvalue weighted by Crippen LogP contribution is 2.34. The van der Waals surface area contributed by atoms with E-state index in [9.17, 15) is 9.59 Å². The van der Waals surface area contributed by atoms with Gasteiger partial charge in [0.05, 0.1) is 6.42 Å². The van der Waals surface area contributed by atoms with Crippen LogP contribution in [0.5, 0.6) is 0 Å². The maximum absolute atomic E-state index is 12.1. The van der Waals surface area contributed by atoms with E-state index in [1.807, 2.05) is 18.2 Å². The molecule has 2 aliphatic rings. The highest BCUT2D eigenvalue weighted by Gasteiger charge is 2.38. The van der Waals surface area contributed by atoms with E-state index >= 15 is 0 Å². The minimum atomic E-state index is 0.0559. The maximum Gasteiger partial charge on any atom is 0.145 e. The van der Waals surface area contributed by atoms with Crippen LogP contribution in [0.3, 0.4) is 0 Å². The average molecular weight is 257 g/mol. The summed E-state index contributed by atoms with van der Waals surface area (Å²) in [5.41, 5.74) is 1.20. The Morgan fingerprint density at radius 3 is 2.58 bits per heavy atom. The van der Waals surface area contributed by atoms with E-state index in [0.29, 0.717) is 12.5 Å². The van der Waals surface area contributed by atoms with Crippen molar-refractivity contribution in [2.45, 2.75) is 38.1 Å². The zero-order valence-corrected chi connectivity index (χ0v) is 11.0. The minimum absolute atomic E-state index is 0.0559. The first-order chi connectivity index (χ1) is 9.25. The van der Waals surface area contributed by atoms with Crippen molar-refractivity contribution in [1.82, 2.24) is 0 Å². The Hall–Kier alpha value is -1.64. The van der Waals surface area contributed by atoms with Crippen molar-refractivity contribution in [3.63, 3.8) is 0 Å². The summed E-state index contributed by atoms with van der Waals surface area (Å²) in [5, 5.41) is 0. The van der Waals surface area contributed by atoms with Gasteiger partial charge in [0.25, 0.3) is 0 Å². The third-order valence-corrected chi connectivity index (χ3v) is 4.37. The lowest BCUT2D eigenvalue weighted by atomic mass is 9.81. The van der Waals surface area contributed by atoms with Gasteiger partial charge in [0, 0.05) is 30.6 Å². The first-order valence-electron chi connectivity index (χ1n) is 7.12. The Morgan fingerprint density at radius 2 is 1.84 bits per heavy atom. The van der Waals surface area contributed by atoms with Gasteiger partial charge in [-0.3, -0.25) is 9.59 Å². The van der Waals surface area contributed by atoms with Crippen LogP contribution in [0, 0.1) is 5.92 Å². The molecular formula is C16H19NO2. The van der Waals surface area contributed by atoms with Crippen molar-refractivity contribution in [3.8, 4) is 0 Å². The summed E-state index contributed by atoms with van der Waals surface area (Å²) in [6.07, 6.45) is 3.68. The molecule has 3 nitrogen and oxygen atoms in total. The van der Waals surface area contributed by atoms with Crippen molar-refractivity contribution in [3.05, 3.63) is 30.3 Å². The normalized spacial score (nSPS) is 27.9. The summed E-state index contributed by atoms with van der Waals surface area (Å²) in [5.74, 6) is 0.329. The molecular weight excluding hydrogens is 238 g/mol. The predicted molar refractivity (Wildman–Crippen MR) is 74.2 cm³/mol. The number of ketones is 2. The van der Waals surface area contributed by atoms with Crippen molar-refractivity contribution in [2.24, 2.45) is 5.92 Å². The Kier molecular flexibility index (Phi) is 3.36. The van der Waals surface area contributed by atoms with Crippen molar-refractivity contribution >= 4 is 17.3 Å². The van der Waals surface area contributed by atoms with Gasteiger partial charge in [-0.1, -0.05) is 18.2 Å². The molecule has 2 fully saturated rings. The lowest BCUT2D eigenvalue weighted by Crippen LogP contribution is -2.42. The second-order valence-electron chi connectivity index (χ2n) is 5.57. The summed E-state index contributed by atoms with van der Waals surface area (Å²) < 4.78 is 0. The molecule has 100 valence electrons. The molecule has 3 heteroatoms. The van der Waals surface area contributed by atoms with Gasteiger partial charge in [-0.2, -0.15) is 0 Å². The number of anilines is 1. The van der Waals surface area contributed by atoms with Gasteiger partial charge >= 0.3 is 0 Å². The van der Waals surface area contributed by atoms with Crippen LogP contribution in [0.25, 0.3) is 0 Å². The van der Waals surface area contributed by atoms with Gasteiger partial charge in [-0.15, -0.1) is 0 Å². The van der Waals surface area contributed by atoms with Gasteiger partial charge in [0.15, 0.2) is 0 Å². The highest BCUT2D eigenvalue weighted by molar-refractivity contribution is 6.02. The minimum Gasteiger partial charge on any atom is -0.368 e. The molecule has 1 aromatic rings. The Morgan fingerprint density at radius 1 is 1.05 bits per heavy atom. The van der Waals surface area contributed by atoms with Crippen LogP contribution in [0.2, 0.25) is 0 Å². The molecule has 3 rings (SSSR count). The lowest BCUT2D eigenvalue weighted by Gasteiger charge is -2.34. The standard InChI is InChI=1S/C16H19NO2/c18-13-8-9-14(16(19)11-13)15-7-4-10-17(15)12-5-2-1-3-6-12/h1-3,5-6,14-15H,4,7-11H2. The van der Waals surface area contributed by atoms with Crippen LogP contribution in [0.4, 0.5) is 5.69 Å². The predicted octanol–water partition coefficient (Wildman–Crippen LogP) is 2.59. The molecule has 19 heavy (non-hydrogen) atoms. The third-order valence-electron chi connectivity index (χ3n) is 4.37. The van der Waals surface area contributed by atoms with Gasteiger partial charge in [0.2, 0.25) is 0 Å². The number of nitrogens with zero attached hydrogens (tertiary/aromatic N) is 1. The SMILES string of the molecule is O=C1CCC(C2CCCN2c2ccccc2)C(=O)C1. The maximum atomic E-state index is 12.1. The first kappa shape index (κ1) is 12.4. The molecule has 2 atom stereocenters. The molecule has 1 aliphatic carbocycles. The van der Waals surface area contributed by atoms with Gasteiger partial charge in [-0.25, -0.2) is 0 Å². The molecule has 0 aromatic heterocycles. The van der Waals surface area contributed by atoms with Crippen LogP contribution in [-0.2, 0) is 9.59 Å². The summed E-state index contributed by atoms with van der Waals surface area (Å²) in [7, 11) is 0. The number of rotatable bonds is 2. The molecule has 0 N–H and O–H groups in total. The summed E-state index contributed by atoms with van der Waals surface area (Å²) in [6, 6.07) is 10.6. The summed E-state index contributed by atoms with van der Waals surface area (Å²) in [4.78, 5) is 25.8. The van der Waals surface area contributed by atoms with Crippen molar-refractivity contribution < 1.29 is 9.59 Å². The van der Waals surface area contributed by atoms with E-state index in [2.05, 4.69) is 17.0 Å². The van der Waals surface area contributed by atoms with Gasteiger partial charge in [-0.05, 0) is 31.4 Å². The van der Waals surface area contributed by atoms with E-state index < -0.39 is 0 Å². The number of carbonyl (C=O) groups is 2. The van der Waals surface area contributed by atoms with E-state index in [1.165, 1.54) is 5.69 Å². The summed E-state index contributed by atoms with van der Waals surface area (Å²) >= 11 is 0. The number of Topliss-reactive ketones (excluding diaryl/α,β-unsaturated/α-hetero) is 2. The number of hydrogen-bond donors (Lipinski definition) is 0. The third kappa shape index (κ3) is 2.42. The Balaban J connectivity index is 1.80. The van der Waals surface area contributed by atoms with E-state index in [1.54, 1.807) is 0 Å². The summed E-state index contributed by atoms with van der Waals surface area (Å²) in [6.45, 7) is 1.02. The molecule has 0 radical (unpaired) electrons. The molecule has 0 bridgehead atoms. The first-order valence-corrected chi connectivity index (χ1v) is 7.12. The lowest BCUT2D eigenvalue weighted by molar-refractivity contribution is -0.133.